The smallest absolute Gasteiger partial charge is 0.123 e. The third-order valence-corrected chi connectivity index (χ3v) is 6.64. The Morgan fingerprint density at radius 2 is 2.00 bits per heavy atom. The maximum Gasteiger partial charge on any atom is 0.123 e. The van der Waals surface area contributed by atoms with Crippen molar-refractivity contribution in [1.82, 2.24) is 4.90 Å². The predicted molar refractivity (Wildman–Crippen MR) is 98.2 cm³/mol. The Morgan fingerprint density at radius 3 is 2.88 bits per heavy atom. The number of phenols is 1. The van der Waals surface area contributed by atoms with Gasteiger partial charge in [0, 0.05) is 23.6 Å². The molecule has 3 aliphatic rings. The van der Waals surface area contributed by atoms with Crippen molar-refractivity contribution in [2.75, 3.05) is 13.1 Å². The van der Waals surface area contributed by atoms with E-state index >= 15 is 0 Å². The first kappa shape index (κ1) is 15.3. The number of hydrogen-bond acceptors (Lipinski definition) is 3. The van der Waals surface area contributed by atoms with Crippen molar-refractivity contribution in [3.05, 3.63) is 59.7 Å². The van der Waals surface area contributed by atoms with Crippen molar-refractivity contribution in [1.29, 1.82) is 0 Å². The molecule has 130 valence electrons. The monoisotopic (exact) mass is 335 g/mol. The highest BCUT2D eigenvalue weighted by molar-refractivity contribution is 5.50. The second-order valence-corrected chi connectivity index (χ2v) is 7.90. The molecule has 1 aliphatic carbocycles. The number of aromatic hydroxyl groups is 1. The topological polar surface area (TPSA) is 32.7 Å². The van der Waals surface area contributed by atoms with Crippen molar-refractivity contribution in [3.8, 4) is 11.5 Å². The number of phenolic OH excluding ortho intramolecular Hbond substituents is 1. The van der Waals surface area contributed by atoms with Crippen molar-refractivity contribution in [2.24, 2.45) is 0 Å². The highest BCUT2D eigenvalue weighted by Gasteiger charge is 2.55. The molecule has 1 N–H and O–H groups in total. The molecule has 3 nitrogen and oxygen atoms in total. The van der Waals surface area contributed by atoms with Crippen LogP contribution in [0, 0.1) is 0 Å². The van der Waals surface area contributed by atoms with Crippen LogP contribution < -0.4 is 4.74 Å². The first-order chi connectivity index (χ1) is 12.2. The number of likely N-dealkylation sites (tertiary alicyclic amines) is 1. The number of rotatable bonds is 3. The summed E-state index contributed by atoms with van der Waals surface area (Å²) in [4.78, 5) is 2.69. The Balaban J connectivity index is 1.35. The molecule has 2 aliphatic heterocycles. The number of fused-ring (bicyclic) bond motifs is 2. The van der Waals surface area contributed by atoms with E-state index in [-0.39, 0.29) is 5.41 Å². The van der Waals surface area contributed by atoms with Gasteiger partial charge in [0.05, 0.1) is 0 Å². The fraction of sp³-hybridized carbons (Fsp3) is 0.455. The summed E-state index contributed by atoms with van der Waals surface area (Å²) >= 11 is 0. The SMILES string of the molecule is Oc1ccc2c(c1)[C@@]13CCN(CCc4ccccc4)[C@H](CC[C@H]1O2)C3. The summed E-state index contributed by atoms with van der Waals surface area (Å²) < 4.78 is 6.28. The zero-order valence-corrected chi connectivity index (χ0v) is 14.5. The Labute approximate surface area is 149 Å². The normalized spacial score (nSPS) is 30.4. The van der Waals surface area contributed by atoms with E-state index in [4.69, 9.17) is 4.74 Å². The molecule has 2 aromatic carbocycles. The molecule has 0 unspecified atom stereocenters. The molecule has 2 aromatic rings. The van der Waals surface area contributed by atoms with Gasteiger partial charge in [-0.3, -0.25) is 4.90 Å². The first-order valence-electron chi connectivity index (χ1n) is 9.53. The number of ether oxygens (including phenoxy) is 1. The van der Waals surface area contributed by atoms with Gasteiger partial charge in [0.25, 0.3) is 0 Å². The van der Waals surface area contributed by atoms with Crippen molar-refractivity contribution in [2.45, 2.75) is 49.7 Å². The molecular weight excluding hydrogens is 310 g/mol. The molecule has 0 radical (unpaired) electrons. The molecule has 2 heterocycles. The van der Waals surface area contributed by atoms with Gasteiger partial charge in [0.15, 0.2) is 0 Å². The van der Waals surface area contributed by atoms with Crippen LogP contribution in [-0.4, -0.2) is 35.2 Å². The zero-order chi connectivity index (χ0) is 16.9. The van der Waals surface area contributed by atoms with Crippen LogP contribution in [0.1, 0.15) is 36.8 Å². The Bertz CT molecular complexity index is 775. The van der Waals surface area contributed by atoms with Gasteiger partial charge in [0.1, 0.15) is 17.6 Å². The molecule has 1 saturated heterocycles. The van der Waals surface area contributed by atoms with Gasteiger partial charge < -0.3 is 9.84 Å². The third-order valence-electron chi connectivity index (χ3n) is 6.64. The molecular formula is C22H25NO2. The molecule has 0 amide bonds. The second-order valence-electron chi connectivity index (χ2n) is 7.90. The minimum absolute atomic E-state index is 0.125. The molecule has 2 fully saturated rings. The first-order valence-corrected chi connectivity index (χ1v) is 9.53. The van der Waals surface area contributed by atoms with E-state index in [1.54, 1.807) is 6.07 Å². The lowest BCUT2D eigenvalue weighted by Gasteiger charge is -2.51. The summed E-state index contributed by atoms with van der Waals surface area (Å²) in [5, 5.41) is 9.98. The molecule has 25 heavy (non-hydrogen) atoms. The van der Waals surface area contributed by atoms with Crippen LogP contribution in [0.4, 0.5) is 0 Å². The van der Waals surface area contributed by atoms with Gasteiger partial charge in [-0.2, -0.15) is 0 Å². The minimum atomic E-state index is 0.125. The molecule has 3 heteroatoms. The van der Waals surface area contributed by atoms with E-state index in [9.17, 15) is 5.11 Å². The fourth-order valence-corrected chi connectivity index (χ4v) is 5.34. The standard InChI is InChI=1S/C22H25NO2/c24-18-7-8-20-19(14-18)22-11-13-23(12-10-16-4-2-1-3-5-16)17(15-22)6-9-21(22)25-20/h1-5,7-8,14,17,21,24H,6,9-13,15H2/t17-,21-,22+/m1/s1. The molecule has 2 bridgehead atoms. The second kappa shape index (κ2) is 5.77. The molecule has 1 spiro atoms. The quantitative estimate of drug-likeness (QED) is 0.923. The average Bonchev–Trinajstić information content (AvgIpc) is 2.94. The summed E-state index contributed by atoms with van der Waals surface area (Å²) in [6, 6.07) is 17.1. The van der Waals surface area contributed by atoms with Crippen LogP contribution in [0.25, 0.3) is 0 Å². The lowest BCUT2D eigenvalue weighted by atomic mass is 9.62. The van der Waals surface area contributed by atoms with E-state index < -0.39 is 0 Å². The van der Waals surface area contributed by atoms with Crippen LogP contribution >= 0.6 is 0 Å². The molecule has 0 aromatic heterocycles. The molecule has 1 saturated carbocycles. The zero-order valence-electron chi connectivity index (χ0n) is 14.5. The van der Waals surface area contributed by atoms with Crippen molar-refractivity contribution >= 4 is 0 Å². The van der Waals surface area contributed by atoms with Gasteiger partial charge in [-0.1, -0.05) is 30.3 Å². The minimum Gasteiger partial charge on any atom is -0.508 e. The van der Waals surface area contributed by atoms with Crippen LogP contribution in [0.15, 0.2) is 48.5 Å². The van der Waals surface area contributed by atoms with E-state index in [1.807, 2.05) is 12.1 Å². The number of piperidine rings is 1. The van der Waals surface area contributed by atoms with E-state index in [1.165, 1.54) is 24.0 Å². The summed E-state index contributed by atoms with van der Waals surface area (Å²) in [5.41, 5.74) is 2.81. The maximum absolute atomic E-state index is 9.98. The van der Waals surface area contributed by atoms with E-state index in [2.05, 4.69) is 35.2 Å². The van der Waals surface area contributed by atoms with Crippen LogP contribution in [-0.2, 0) is 11.8 Å². The number of benzene rings is 2. The summed E-state index contributed by atoms with van der Waals surface area (Å²) in [6.07, 6.45) is 6.09. The van der Waals surface area contributed by atoms with Gasteiger partial charge in [-0.25, -0.2) is 0 Å². The van der Waals surface area contributed by atoms with E-state index in [0.717, 1.165) is 38.1 Å². The highest BCUT2D eigenvalue weighted by Crippen LogP contribution is 2.55. The average molecular weight is 335 g/mol. The number of nitrogens with zero attached hydrogens (tertiary/aromatic N) is 1. The highest BCUT2D eigenvalue weighted by atomic mass is 16.5. The summed E-state index contributed by atoms with van der Waals surface area (Å²) in [6.45, 7) is 2.27. The summed E-state index contributed by atoms with van der Waals surface area (Å²) in [5.74, 6) is 1.37. The Hall–Kier alpha value is -2.00. The summed E-state index contributed by atoms with van der Waals surface area (Å²) in [7, 11) is 0. The van der Waals surface area contributed by atoms with Gasteiger partial charge >= 0.3 is 0 Å². The lowest BCUT2D eigenvalue weighted by Crippen LogP contribution is -2.57. The number of hydrogen-bond donors (Lipinski definition) is 1. The third kappa shape index (κ3) is 2.44. The molecule has 5 rings (SSSR count). The maximum atomic E-state index is 9.98. The van der Waals surface area contributed by atoms with Crippen LogP contribution in [0.5, 0.6) is 11.5 Å². The van der Waals surface area contributed by atoms with Crippen LogP contribution in [0.3, 0.4) is 0 Å². The van der Waals surface area contributed by atoms with E-state index in [0.29, 0.717) is 17.9 Å². The van der Waals surface area contributed by atoms with Gasteiger partial charge in [0.2, 0.25) is 0 Å². The van der Waals surface area contributed by atoms with Crippen molar-refractivity contribution in [3.63, 3.8) is 0 Å². The van der Waals surface area contributed by atoms with Gasteiger partial charge in [-0.15, -0.1) is 0 Å². The lowest BCUT2D eigenvalue weighted by molar-refractivity contribution is -0.00580. The van der Waals surface area contributed by atoms with Gasteiger partial charge in [-0.05, 0) is 62.4 Å². The Morgan fingerprint density at radius 1 is 1.12 bits per heavy atom. The van der Waals surface area contributed by atoms with Crippen LogP contribution in [0.2, 0.25) is 0 Å². The Kier molecular flexibility index (Phi) is 3.53. The largest absolute Gasteiger partial charge is 0.508 e. The predicted octanol–water partition coefficient (Wildman–Crippen LogP) is 3.89. The fourth-order valence-electron chi connectivity index (χ4n) is 5.34. The van der Waals surface area contributed by atoms with Crippen molar-refractivity contribution < 1.29 is 9.84 Å². The molecule has 3 atom stereocenters.